The molecule has 0 atom stereocenters. The molecular weight excluding hydrogens is 464 g/mol. The first-order valence-corrected chi connectivity index (χ1v) is 13.3. The van der Waals surface area contributed by atoms with Crippen LogP contribution >= 0.6 is 11.3 Å². The molecule has 9 nitrogen and oxygen atoms in total. The molecule has 0 unspecified atom stereocenters. The molecule has 33 heavy (non-hydrogen) atoms. The van der Waals surface area contributed by atoms with Gasteiger partial charge in [-0.05, 0) is 37.1 Å². The highest BCUT2D eigenvalue weighted by molar-refractivity contribution is 7.89. The molecule has 2 aromatic rings. The monoisotopic (exact) mass is 492 g/mol. The number of carbonyl (C=O) groups is 2. The lowest BCUT2D eigenvalue weighted by Crippen LogP contribution is -2.38. The Morgan fingerprint density at radius 3 is 2.55 bits per heavy atom. The van der Waals surface area contributed by atoms with E-state index in [2.05, 4.69) is 10.3 Å². The summed E-state index contributed by atoms with van der Waals surface area (Å²) in [5, 5.41) is 3.23. The quantitative estimate of drug-likeness (QED) is 0.685. The first-order valence-electron chi connectivity index (χ1n) is 11.0. The Bertz CT molecular complexity index is 1120. The first-order chi connectivity index (χ1) is 15.8. The van der Waals surface area contributed by atoms with Crippen LogP contribution in [0, 0.1) is 0 Å². The number of aromatic nitrogens is 1. The largest absolute Gasteiger partial charge is 0.453 e. The van der Waals surface area contributed by atoms with E-state index in [4.69, 9.17) is 4.74 Å². The first kappa shape index (κ1) is 23.7. The molecule has 0 saturated heterocycles. The molecule has 4 rings (SSSR count). The maximum absolute atomic E-state index is 13.0. The molecule has 2 heterocycles. The van der Waals surface area contributed by atoms with E-state index in [0.29, 0.717) is 30.2 Å². The summed E-state index contributed by atoms with van der Waals surface area (Å²) >= 11 is 1.32. The summed E-state index contributed by atoms with van der Waals surface area (Å²) in [4.78, 5) is 31.6. The minimum absolute atomic E-state index is 0.0257. The van der Waals surface area contributed by atoms with Gasteiger partial charge in [0, 0.05) is 36.5 Å². The summed E-state index contributed by atoms with van der Waals surface area (Å²) in [6.07, 6.45) is 5.22. The molecular formula is C22H28N4O5S2. The van der Waals surface area contributed by atoms with Crippen molar-refractivity contribution in [2.75, 3.05) is 26.0 Å². The second kappa shape index (κ2) is 9.78. The number of benzene rings is 1. The average Bonchev–Trinajstić information content (AvgIpc) is 3.25. The SMILES string of the molecule is COC(=O)N1CCc2nc(NC(=O)c3ccc(S(=O)(=O)N(C)C4CCCCC4)cc3)sc2C1. The molecule has 1 fully saturated rings. The minimum atomic E-state index is -3.61. The van der Waals surface area contributed by atoms with Crippen LogP contribution in [0.15, 0.2) is 29.2 Å². The van der Waals surface area contributed by atoms with E-state index in [1.807, 2.05) is 0 Å². The molecule has 0 bridgehead atoms. The number of nitrogens with one attached hydrogen (secondary N) is 1. The van der Waals surface area contributed by atoms with E-state index in [1.54, 1.807) is 11.9 Å². The van der Waals surface area contributed by atoms with Crippen LogP contribution in [0.5, 0.6) is 0 Å². The van der Waals surface area contributed by atoms with Gasteiger partial charge in [0.1, 0.15) is 0 Å². The topological polar surface area (TPSA) is 109 Å². The molecule has 0 spiro atoms. The lowest BCUT2D eigenvalue weighted by Gasteiger charge is -2.30. The number of amides is 2. The molecule has 1 aromatic carbocycles. The number of rotatable bonds is 5. The molecule has 1 saturated carbocycles. The van der Waals surface area contributed by atoms with Gasteiger partial charge in [-0.25, -0.2) is 18.2 Å². The van der Waals surface area contributed by atoms with Crippen LogP contribution in [-0.4, -0.2) is 61.4 Å². The van der Waals surface area contributed by atoms with Gasteiger partial charge in [-0.3, -0.25) is 10.1 Å². The Balaban J connectivity index is 1.42. The standard InChI is InChI=1S/C22H28N4O5S2/c1-25(16-6-4-3-5-7-16)33(29,30)17-10-8-15(9-11-17)20(27)24-21-23-18-12-13-26(22(28)31-2)14-19(18)32-21/h8-11,16H,3-7,12-14H2,1-2H3,(H,23,24,27). The van der Waals surface area contributed by atoms with Crippen molar-refractivity contribution in [2.24, 2.45) is 0 Å². The van der Waals surface area contributed by atoms with Crippen LogP contribution in [0.1, 0.15) is 53.0 Å². The van der Waals surface area contributed by atoms with Crippen molar-refractivity contribution >= 4 is 38.5 Å². The average molecular weight is 493 g/mol. The number of anilines is 1. The normalized spacial score (nSPS) is 17.0. The predicted molar refractivity (Wildman–Crippen MR) is 125 cm³/mol. The summed E-state index contributed by atoms with van der Waals surface area (Å²) in [6.45, 7) is 0.915. The van der Waals surface area contributed by atoms with Gasteiger partial charge in [0.2, 0.25) is 10.0 Å². The van der Waals surface area contributed by atoms with Crippen LogP contribution in [0.3, 0.4) is 0 Å². The zero-order chi connectivity index (χ0) is 23.6. The van der Waals surface area contributed by atoms with Crippen LogP contribution < -0.4 is 5.32 Å². The highest BCUT2D eigenvalue weighted by Gasteiger charge is 2.29. The summed E-state index contributed by atoms with van der Waals surface area (Å²) < 4.78 is 32.2. The number of sulfonamides is 1. The van der Waals surface area contributed by atoms with Crippen molar-refractivity contribution in [3.8, 4) is 0 Å². The van der Waals surface area contributed by atoms with Crippen LogP contribution in [-0.2, 0) is 27.7 Å². The maximum atomic E-state index is 13.0. The van der Waals surface area contributed by atoms with Gasteiger partial charge in [-0.2, -0.15) is 4.31 Å². The Labute approximate surface area is 197 Å². The van der Waals surface area contributed by atoms with E-state index in [0.717, 1.165) is 42.7 Å². The van der Waals surface area contributed by atoms with Crippen molar-refractivity contribution in [1.82, 2.24) is 14.2 Å². The Hall–Kier alpha value is -2.50. The lowest BCUT2D eigenvalue weighted by molar-refractivity contribution is 0.102. The van der Waals surface area contributed by atoms with Crippen molar-refractivity contribution in [2.45, 2.75) is 56.0 Å². The molecule has 2 amide bonds. The van der Waals surface area contributed by atoms with E-state index >= 15 is 0 Å². The van der Waals surface area contributed by atoms with Gasteiger partial charge in [0.05, 0.1) is 24.2 Å². The molecule has 1 aromatic heterocycles. The third-order valence-electron chi connectivity index (χ3n) is 6.27. The predicted octanol–water partition coefficient (Wildman–Crippen LogP) is 3.47. The van der Waals surface area contributed by atoms with Gasteiger partial charge < -0.3 is 9.64 Å². The smallest absolute Gasteiger partial charge is 0.409 e. The molecule has 178 valence electrons. The third-order valence-corrected chi connectivity index (χ3v) is 9.19. The fraction of sp³-hybridized carbons (Fsp3) is 0.500. The molecule has 0 radical (unpaired) electrons. The van der Waals surface area contributed by atoms with Crippen molar-refractivity contribution in [3.63, 3.8) is 0 Å². The van der Waals surface area contributed by atoms with Gasteiger partial charge in [-0.1, -0.05) is 30.6 Å². The highest BCUT2D eigenvalue weighted by Crippen LogP contribution is 2.29. The fourth-order valence-corrected chi connectivity index (χ4v) is 6.72. The molecule has 2 aliphatic rings. The maximum Gasteiger partial charge on any atom is 0.409 e. The van der Waals surface area contributed by atoms with E-state index in [-0.39, 0.29) is 22.9 Å². The Kier molecular flexibility index (Phi) is 7.01. The van der Waals surface area contributed by atoms with Gasteiger partial charge >= 0.3 is 6.09 Å². The zero-order valence-electron chi connectivity index (χ0n) is 18.7. The van der Waals surface area contributed by atoms with Crippen LogP contribution in [0.2, 0.25) is 0 Å². The number of fused-ring (bicyclic) bond motifs is 1. The fourth-order valence-electron chi connectivity index (χ4n) is 4.29. The zero-order valence-corrected chi connectivity index (χ0v) is 20.4. The number of hydrogen-bond donors (Lipinski definition) is 1. The van der Waals surface area contributed by atoms with E-state index in [1.165, 1.54) is 47.0 Å². The highest BCUT2D eigenvalue weighted by atomic mass is 32.2. The lowest BCUT2D eigenvalue weighted by atomic mass is 9.96. The van der Waals surface area contributed by atoms with Crippen molar-refractivity contribution in [1.29, 1.82) is 0 Å². The van der Waals surface area contributed by atoms with Gasteiger partial charge in [-0.15, -0.1) is 0 Å². The van der Waals surface area contributed by atoms with Crippen molar-refractivity contribution in [3.05, 3.63) is 40.4 Å². The minimum Gasteiger partial charge on any atom is -0.453 e. The van der Waals surface area contributed by atoms with E-state index < -0.39 is 10.0 Å². The Morgan fingerprint density at radius 1 is 1.18 bits per heavy atom. The second-order valence-electron chi connectivity index (χ2n) is 8.32. The molecule has 1 N–H and O–H groups in total. The molecule has 11 heteroatoms. The number of ether oxygens (including phenoxy) is 1. The van der Waals surface area contributed by atoms with Gasteiger partial charge in [0.25, 0.3) is 5.91 Å². The second-order valence-corrected chi connectivity index (χ2v) is 11.4. The number of methoxy groups -OCH3 is 1. The van der Waals surface area contributed by atoms with Crippen molar-refractivity contribution < 1.29 is 22.7 Å². The number of carbonyl (C=O) groups excluding carboxylic acids is 2. The number of hydrogen-bond acceptors (Lipinski definition) is 7. The third kappa shape index (κ3) is 5.04. The summed E-state index contributed by atoms with van der Waals surface area (Å²) in [7, 11) is -0.623. The molecule has 1 aliphatic heterocycles. The summed E-state index contributed by atoms with van der Waals surface area (Å²) in [5.74, 6) is -0.365. The molecule has 1 aliphatic carbocycles. The number of nitrogens with zero attached hydrogens (tertiary/aromatic N) is 3. The van der Waals surface area contributed by atoms with Crippen LogP contribution in [0.4, 0.5) is 9.93 Å². The number of thiazole rings is 1. The Morgan fingerprint density at radius 2 is 1.88 bits per heavy atom. The van der Waals surface area contributed by atoms with E-state index in [9.17, 15) is 18.0 Å². The summed E-state index contributed by atoms with van der Waals surface area (Å²) in [5.41, 5.74) is 1.21. The van der Waals surface area contributed by atoms with Gasteiger partial charge in [0.15, 0.2) is 5.13 Å². The van der Waals surface area contributed by atoms with Crippen LogP contribution in [0.25, 0.3) is 0 Å². The summed E-state index contributed by atoms with van der Waals surface area (Å²) in [6, 6.07) is 6.01.